The van der Waals surface area contributed by atoms with E-state index >= 15 is 4.39 Å². The summed E-state index contributed by atoms with van der Waals surface area (Å²) in [5.74, 6) is -1.71. The van der Waals surface area contributed by atoms with Crippen molar-refractivity contribution in [3.05, 3.63) is 179 Å². The van der Waals surface area contributed by atoms with Crippen molar-refractivity contribution in [2.45, 2.75) is 12.3 Å². The van der Waals surface area contributed by atoms with E-state index in [4.69, 9.17) is 9.97 Å². The molecule has 200 valence electrons. The van der Waals surface area contributed by atoms with Crippen LogP contribution in [0.5, 0.6) is 0 Å². The van der Waals surface area contributed by atoms with Crippen molar-refractivity contribution in [1.82, 2.24) is 9.97 Å². The smallest absolute Gasteiger partial charge is 0.135 e. The van der Waals surface area contributed by atoms with Gasteiger partial charge in [-0.2, -0.15) is 0 Å². The highest BCUT2D eigenvalue weighted by Gasteiger charge is 2.41. The highest BCUT2D eigenvalue weighted by Crippen LogP contribution is 2.44. The van der Waals surface area contributed by atoms with Crippen LogP contribution < -0.4 is 0 Å². The lowest BCUT2D eigenvalue weighted by molar-refractivity contribution is 0.585. The third kappa shape index (κ3) is 4.80. The molecule has 2 nitrogen and oxygen atoms in total. The van der Waals surface area contributed by atoms with Crippen LogP contribution in [0, 0.1) is 24.4 Å². The van der Waals surface area contributed by atoms with E-state index in [1.807, 2.05) is 97.9 Å². The Bertz CT molecular complexity index is 1700. The molecular formula is C36H25F3N2. The van der Waals surface area contributed by atoms with Gasteiger partial charge in [0.25, 0.3) is 0 Å². The van der Waals surface area contributed by atoms with E-state index in [1.165, 1.54) is 18.2 Å². The summed E-state index contributed by atoms with van der Waals surface area (Å²) in [7, 11) is 0. The molecule has 6 aromatic rings. The fourth-order valence-electron chi connectivity index (χ4n) is 5.38. The van der Waals surface area contributed by atoms with Gasteiger partial charge < -0.3 is 0 Å². The molecule has 0 radical (unpaired) electrons. The largest absolute Gasteiger partial charge is 0.251 e. The molecule has 4 aromatic carbocycles. The molecule has 0 bridgehead atoms. The third-order valence-electron chi connectivity index (χ3n) is 7.29. The summed E-state index contributed by atoms with van der Waals surface area (Å²) in [6, 6.07) is 39.1. The Morgan fingerprint density at radius 1 is 0.488 bits per heavy atom. The molecule has 5 heteroatoms. The number of rotatable bonds is 6. The summed E-state index contributed by atoms with van der Waals surface area (Å²) in [4.78, 5) is 10.1. The molecule has 0 unspecified atom stereocenters. The van der Waals surface area contributed by atoms with Gasteiger partial charge in [-0.05, 0) is 72.1 Å². The second-order valence-corrected chi connectivity index (χ2v) is 9.91. The molecule has 0 atom stereocenters. The van der Waals surface area contributed by atoms with Gasteiger partial charge in [-0.25, -0.2) is 13.2 Å². The van der Waals surface area contributed by atoms with Gasteiger partial charge in [-0.3, -0.25) is 9.97 Å². The molecular weight excluding hydrogens is 517 g/mol. The standard InChI is InChI=1S/C36H25F3N2/c1-24-18-20-28(30(38)22-24)32-14-8-16-34(40-32)36(25-10-4-2-5-11-25,26-12-6-3-7-13-26)35-17-9-15-33(41-35)29-21-19-27(37)23-31(29)39/h2-23H,1H3. The molecule has 2 heterocycles. The first-order valence-electron chi connectivity index (χ1n) is 13.2. The number of aromatic nitrogens is 2. The first kappa shape index (κ1) is 26.2. The molecule has 0 saturated heterocycles. The summed E-state index contributed by atoms with van der Waals surface area (Å²) in [6.45, 7) is 1.84. The number of benzene rings is 4. The number of hydrogen-bond donors (Lipinski definition) is 0. The normalized spacial score (nSPS) is 11.4. The Morgan fingerprint density at radius 3 is 1.46 bits per heavy atom. The molecule has 2 aromatic heterocycles. The number of pyridine rings is 2. The van der Waals surface area contributed by atoms with E-state index in [-0.39, 0.29) is 11.4 Å². The SMILES string of the molecule is Cc1ccc(-c2cccc(C(c3ccccc3)(c3ccccc3)c3cccc(-c4ccc(F)cc4F)n3)n2)c(F)c1. The fourth-order valence-corrected chi connectivity index (χ4v) is 5.38. The van der Waals surface area contributed by atoms with Gasteiger partial charge >= 0.3 is 0 Å². The van der Waals surface area contributed by atoms with Crippen LogP contribution in [0.1, 0.15) is 28.1 Å². The lowest BCUT2D eigenvalue weighted by atomic mass is 9.69. The molecule has 6 rings (SSSR count). The minimum Gasteiger partial charge on any atom is -0.251 e. The van der Waals surface area contributed by atoms with Gasteiger partial charge in [0.1, 0.15) is 22.9 Å². The number of nitrogens with zero attached hydrogens (tertiary/aromatic N) is 2. The molecule has 0 amide bonds. The van der Waals surface area contributed by atoms with Gasteiger partial charge in [-0.15, -0.1) is 0 Å². The molecule has 0 aliphatic carbocycles. The summed E-state index contributed by atoms with van der Waals surface area (Å²) in [5, 5.41) is 0. The number of halogens is 3. The predicted molar refractivity (Wildman–Crippen MR) is 156 cm³/mol. The van der Waals surface area contributed by atoms with Crippen LogP contribution in [0.2, 0.25) is 0 Å². The zero-order chi connectivity index (χ0) is 28.4. The Labute approximate surface area is 236 Å². The highest BCUT2D eigenvalue weighted by atomic mass is 19.1. The number of aryl methyl sites for hydroxylation is 1. The quantitative estimate of drug-likeness (QED) is 0.210. The monoisotopic (exact) mass is 542 g/mol. The average molecular weight is 543 g/mol. The van der Waals surface area contributed by atoms with Crippen LogP contribution in [-0.2, 0) is 5.41 Å². The van der Waals surface area contributed by atoms with Crippen molar-refractivity contribution in [3.8, 4) is 22.5 Å². The summed E-state index contributed by atoms with van der Waals surface area (Å²) in [6.07, 6.45) is 0. The van der Waals surface area contributed by atoms with Gasteiger partial charge in [-0.1, -0.05) is 78.9 Å². The molecule has 41 heavy (non-hydrogen) atoms. The van der Waals surface area contributed by atoms with Crippen LogP contribution in [0.15, 0.2) is 133 Å². The Morgan fingerprint density at radius 2 is 0.976 bits per heavy atom. The van der Waals surface area contributed by atoms with E-state index < -0.39 is 17.0 Å². The van der Waals surface area contributed by atoms with Crippen molar-refractivity contribution in [2.24, 2.45) is 0 Å². The van der Waals surface area contributed by atoms with Gasteiger partial charge in [0, 0.05) is 17.2 Å². The van der Waals surface area contributed by atoms with Crippen molar-refractivity contribution in [1.29, 1.82) is 0 Å². The Balaban J connectivity index is 1.67. The van der Waals surface area contributed by atoms with E-state index in [1.54, 1.807) is 18.2 Å². The maximum atomic E-state index is 15.1. The van der Waals surface area contributed by atoms with E-state index in [9.17, 15) is 8.78 Å². The predicted octanol–water partition coefficient (Wildman–Crippen LogP) is 8.92. The summed E-state index contributed by atoms with van der Waals surface area (Å²) in [5.41, 5.74) is 4.16. The van der Waals surface area contributed by atoms with E-state index in [2.05, 4.69) is 0 Å². The van der Waals surface area contributed by atoms with Crippen LogP contribution in [0.3, 0.4) is 0 Å². The fraction of sp³-hybridized carbons (Fsp3) is 0.0556. The maximum Gasteiger partial charge on any atom is 0.135 e. The van der Waals surface area contributed by atoms with Crippen molar-refractivity contribution >= 4 is 0 Å². The second-order valence-electron chi connectivity index (χ2n) is 9.91. The minimum atomic E-state index is -1.05. The van der Waals surface area contributed by atoms with E-state index in [0.29, 0.717) is 28.3 Å². The van der Waals surface area contributed by atoms with Crippen molar-refractivity contribution in [3.63, 3.8) is 0 Å². The maximum absolute atomic E-state index is 15.1. The highest BCUT2D eigenvalue weighted by molar-refractivity contribution is 5.65. The van der Waals surface area contributed by atoms with Crippen LogP contribution in [0.25, 0.3) is 22.5 Å². The van der Waals surface area contributed by atoms with Crippen LogP contribution in [0.4, 0.5) is 13.2 Å². The molecule has 0 aliphatic heterocycles. The number of hydrogen-bond acceptors (Lipinski definition) is 2. The minimum absolute atomic E-state index is 0.187. The van der Waals surface area contributed by atoms with Gasteiger partial charge in [0.05, 0.1) is 22.8 Å². The molecule has 0 aliphatic rings. The zero-order valence-corrected chi connectivity index (χ0v) is 22.2. The summed E-state index contributed by atoms with van der Waals surface area (Å²) >= 11 is 0. The van der Waals surface area contributed by atoms with Crippen molar-refractivity contribution in [2.75, 3.05) is 0 Å². The van der Waals surface area contributed by atoms with Crippen LogP contribution >= 0.6 is 0 Å². The van der Waals surface area contributed by atoms with E-state index in [0.717, 1.165) is 22.8 Å². The third-order valence-corrected chi connectivity index (χ3v) is 7.29. The topological polar surface area (TPSA) is 25.8 Å². The lowest BCUT2D eigenvalue weighted by Gasteiger charge is -2.35. The molecule has 0 fully saturated rings. The zero-order valence-electron chi connectivity index (χ0n) is 22.2. The van der Waals surface area contributed by atoms with Gasteiger partial charge in [0.2, 0.25) is 0 Å². The van der Waals surface area contributed by atoms with Crippen molar-refractivity contribution < 1.29 is 13.2 Å². The first-order valence-corrected chi connectivity index (χ1v) is 13.2. The lowest BCUT2D eigenvalue weighted by Crippen LogP contribution is -2.33. The van der Waals surface area contributed by atoms with Crippen LogP contribution in [-0.4, -0.2) is 9.97 Å². The Hall–Kier alpha value is -5.03. The average Bonchev–Trinajstić information content (AvgIpc) is 2.99. The van der Waals surface area contributed by atoms with Gasteiger partial charge in [0.15, 0.2) is 0 Å². The molecule has 0 spiro atoms. The summed E-state index contributed by atoms with van der Waals surface area (Å²) < 4.78 is 43.8. The molecule has 0 N–H and O–H groups in total. The first-order chi connectivity index (χ1) is 20.0. The second kappa shape index (κ2) is 10.9. The molecule has 0 saturated carbocycles. The Kier molecular flexibility index (Phi) is 6.94.